The van der Waals surface area contributed by atoms with Gasteiger partial charge in [0, 0.05) is 24.4 Å². The van der Waals surface area contributed by atoms with Crippen LogP contribution in [0.15, 0.2) is 52.4 Å². The third-order valence-electron chi connectivity index (χ3n) is 4.05. The number of guanidine groups is 1. The van der Waals surface area contributed by atoms with E-state index in [0.29, 0.717) is 11.1 Å². The van der Waals surface area contributed by atoms with Crippen molar-refractivity contribution in [2.45, 2.75) is 12.8 Å². The van der Waals surface area contributed by atoms with Crippen molar-refractivity contribution in [3.63, 3.8) is 0 Å². The lowest BCUT2D eigenvalue weighted by atomic mass is 9.86. The molecule has 24 heavy (non-hydrogen) atoms. The van der Waals surface area contributed by atoms with E-state index in [-0.39, 0.29) is 11.5 Å². The number of nitrogens with two attached hydrogens (primary N) is 2. The van der Waals surface area contributed by atoms with Gasteiger partial charge in [0.05, 0.1) is 0 Å². The molecule has 3 rings (SSSR count). The van der Waals surface area contributed by atoms with E-state index >= 15 is 0 Å². The summed E-state index contributed by atoms with van der Waals surface area (Å²) >= 11 is 0. The van der Waals surface area contributed by atoms with Crippen molar-refractivity contribution in [3.05, 3.63) is 75.2 Å². The molecular weight excluding hydrogens is 304 g/mol. The van der Waals surface area contributed by atoms with Gasteiger partial charge >= 0.3 is 0 Å². The number of aromatic nitrogens is 1. The van der Waals surface area contributed by atoms with Gasteiger partial charge < -0.3 is 16.0 Å². The molecule has 1 aromatic heterocycles. The molecule has 0 spiro atoms. The summed E-state index contributed by atoms with van der Waals surface area (Å²) in [5.74, 6) is -0.769. The molecule has 1 aliphatic carbocycles. The lowest BCUT2D eigenvalue weighted by Crippen LogP contribution is -2.24. The van der Waals surface area contributed by atoms with E-state index in [1.165, 1.54) is 0 Å². The zero-order chi connectivity index (χ0) is 17.3. The molecule has 6 nitrogen and oxygen atoms in total. The third kappa shape index (κ3) is 2.86. The molecule has 1 aliphatic rings. The Hall–Kier alpha value is -3.15. The van der Waals surface area contributed by atoms with Crippen molar-refractivity contribution in [1.82, 2.24) is 4.57 Å². The predicted octanol–water partition coefficient (Wildman–Crippen LogP) is 1.18. The molecule has 0 fully saturated rings. The van der Waals surface area contributed by atoms with Crippen molar-refractivity contribution in [2.24, 2.45) is 23.5 Å². The minimum absolute atomic E-state index is 0.0717. The summed E-state index contributed by atoms with van der Waals surface area (Å²) < 4.78 is 1.54. The second-order valence-corrected chi connectivity index (χ2v) is 5.71. The van der Waals surface area contributed by atoms with Crippen molar-refractivity contribution >= 4 is 17.4 Å². The molecule has 0 radical (unpaired) electrons. The highest BCUT2D eigenvalue weighted by Gasteiger charge is 2.19. The van der Waals surface area contributed by atoms with Crippen molar-refractivity contribution < 1.29 is 4.79 Å². The monoisotopic (exact) mass is 322 g/mol. The SMILES string of the molecule is Cn1cccc(C2=CCCc3ccc(C(=O)N=C(N)N)cc32)c1=O. The summed E-state index contributed by atoms with van der Waals surface area (Å²) in [6.45, 7) is 0. The van der Waals surface area contributed by atoms with Gasteiger partial charge in [0.1, 0.15) is 0 Å². The minimum Gasteiger partial charge on any atom is -0.370 e. The van der Waals surface area contributed by atoms with Gasteiger partial charge in [0.25, 0.3) is 11.5 Å². The lowest BCUT2D eigenvalue weighted by molar-refractivity contribution is 0.100. The Kier molecular flexibility index (Phi) is 4.04. The molecule has 1 aromatic carbocycles. The quantitative estimate of drug-likeness (QED) is 0.640. The Bertz CT molecular complexity index is 934. The topological polar surface area (TPSA) is 103 Å². The highest BCUT2D eigenvalue weighted by atomic mass is 16.1. The maximum Gasteiger partial charge on any atom is 0.280 e. The van der Waals surface area contributed by atoms with Crippen LogP contribution in [0, 0.1) is 0 Å². The van der Waals surface area contributed by atoms with Crippen LogP contribution >= 0.6 is 0 Å². The van der Waals surface area contributed by atoms with Crippen LogP contribution in [0.4, 0.5) is 0 Å². The number of fused-ring (bicyclic) bond motifs is 1. The van der Waals surface area contributed by atoms with E-state index < -0.39 is 5.91 Å². The average Bonchev–Trinajstić information content (AvgIpc) is 2.56. The van der Waals surface area contributed by atoms with Crippen LogP contribution < -0.4 is 17.0 Å². The molecule has 4 N–H and O–H groups in total. The van der Waals surface area contributed by atoms with Crippen molar-refractivity contribution in [1.29, 1.82) is 0 Å². The zero-order valence-corrected chi connectivity index (χ0v) is 13.3. The molecule has 0 aliphatic heterocycles. The van der Waals surface area contributed by atoms with Crippen molar-refractivity contribution in [2.75, 3.05) is 0 Å². The second-order valence-electron chi connectivity index (χ2n) is 5.71. The number of allylic oxidation sites excluding steroid dienone is 1. The maximum absolute atomic E-state index is 12.4. The molecule has 2 aromatic rings. The fraction of sp³-hybridized carbons (Fsp3) is 0.167. The van der Waals surface area contributed by atoms with Crippen molar-refractivity contribution in [3.8, 4) is 0 Å². The van der Waals surface area contributed by atoms with E-state index in [1.807, 2.05) is 18.2 Å². The van der Waals surface area contributed by atoms with E-state index in [2.05, 4.69) is 4.99 Å². The molecule has 1 amide bonds. The molecule has 0 bridgehead atoms. The summed E-state index contributed by atoms with van der Waals surface area (Å²) in [4.78, 5) is 28.1. The van der Waals surface area contributed by atoms with Crippen LogP contribution in [0.2, 0.25) is 0 Å². The van der Waals surface area contributed by atoms with Gasteiger partial charge in [-0.1, -0.05) is 12.1 Å². The largest absolute Gasteiger partial charge is 0.370 e. The lowest BCUT2D eigenvalue weighted by Gasteiger charge is -2.18. The first-order chi connectivity index (χ1) is 11.5. The Labute approximate surface area is 139 Å². The highest BCUT2D eigenvalue weighted by Crippen LogP contribution is 2.31. The Morgan fingerprint density at radius 1 is 1.21 bits per heavy atom. The number of pyridine rings is 1. The van der Waals surface area contributed by atoms with E-state index in [0.717, 1.165) is 29.5 Å². The number of benzene rings is 1. The molecular formula is C18H18N4O2. The van der Waals surface area contributed by atoms with Gasteiger partial charge in [-0.25, -0.2) is 0 Å². The number of aliphatic imine (C=N–C) groups is 1. The first-order valence-electron chi connectivity index (χ1n) is 7.61. The third-order valence-corrected chi connectivity index (χ3v) is 4.05. The van der Waals surface area contributed by atoms with Gasteiger partial charge in [-0.2, -0.15) is 4.99 Å². The smallest absolute Gasteiger partial charge is 0.280 e. The fourth-order valence-corrected chi connectivity index (χ4v) is 2.90. The van der Waals surface area contributed by atoms with Gasteiger partial charge in [-0.05, 0) is 53.8 Å². The normalized spacial score (nSPS) is 13.0. The van der Waals surface area contributed by atoms with E-state index in [9.17, 15) is 9.59 Å². The second kappa shape index (κ2) is 6.16. The number of nitrogens with zero attached hydrogens (tertiary/aromatic N) is 2. The summed E-state index contributed by atoms with van der Waals surface area (Å²) in [5, 5.41) is 0. The number of rotatable bonds is 2. The van der Waals surface area contributed by atoms with Gasteiger partial charge in [0.15, 0.2) is 5.96 Å². The minimum atomic E-state index is -0.497. The number of carbonyl (C=O) groups excluding carboxylic acids is 1. The van der Waals surface area contributed by atoms with E-state index in [4.69, 9.17) is 11.5 Å². The van der Waals surface area contributed by atoms with Crippen LogP contribution in [0.1, 0.15) is 33.5 Å². The first-order valence-corrected chi connectivity index (χ1v) is 7.61. The summed E-state index contributed by atoms with van der Waals surface area (Å²) in [5.41, 5.74) is 14.3. The summed E-state index contributed by atoms with van der Waals surface area (Å²) in [7, 11) is 1.72. The first kappa shape index (κ1) is 15.7. The molecule has 0 unspecified atom stereocenters. The summed E-state index contributed by atoms with van der Waals surface area (Å²) in [6.07, 6.45) is 5.47. The molecule has 0 atom stereocenters. The van der Waals surface area contributed by atoms with Gasteiger partial charge in [0.2, 0.25) is 0 Å². The molecule has 1 heterocycles. The van der Waals surface area contributed by atoms with Crippen LogP contribution in [0.5, 0.6) is 0 Å². The van der Waals surface area contributed by atoms with Gasteiger partial charge in [-0.15, -0.1) is 0 Å². The molecule has 6 heteroatoms. The predicted molar refractivity (Wildman–Crippen MR) is 93.7 cm³/mol. The Morgan fingerprint density at radius 3 is 2.75 bits per heavy atom. The van der Waals surface area contributed by atoms with Crippen LogP contribution in [0.25, 0.3) is 5.57 Å². The Morgan fingerprint density at radius 2 is 2.00 bits per heavy atom. The van der Waals surface area contributed by atoms with Crippen LogP contribution in [0.3, 0.4) is 0 Å². The molecule has 0 saturated heterocycles. The van der Waals surface area contributed by atoms with E-state index in [1.54, 1.807) is 36.0 Å². The number of aryl methyl sites for hydroxylation is 2. The standard InChI is InChI=1S/C18H18N4O2/c1-22-9-3-6-14(17(22)24)13-5-2-4-11-7-8-12(10-15(11)13)16(23)21-18(19)20/h3,5-10H,2,4H2,1H3,(H4,19,20,21,23). The fourth-order valence-electron chi connectivity index (χ4n) is 2.90. The Balaban J connectivity index is 2.13. The molecule has 0 saturated carbocycles. The number of hydrogen-bond acceptors (Lipinski definition) is 2. The summed E-state index contributed by atoms with van der Waals surface area (Å²) in [6, 6.07) is 8.99. The highest BCUT2D eigenvalue weighted by molar-refractivity contribution is 6.02. The molecule has 122 valence electrons. The maximum atomic E-state index is 12.4. The number of carbonyl (C=O) groups is 1. The van der Waals surface area contributed by atoms with Gasteiger partial charge in [-0.3, -0.25) is 9.59 Å². The van der Waals surface area contributed by atoms with Crippen LogP contribution in [-0.4, -0.2) is 16.4 Å². The zero-order valence-electron chi connectivity index (χ0n) is 13.3. The number of hydrogen-bond donors (Lipinski definition) is 2. The van der Waals surface area contributed by atoms with Crippen LogP contribution in [-0.2, 0) is 13.5 Å². The number of amides is 1. The average molecular weight is 322 g/mol.